The highest BCUT2D eigenvalue weighted by atomic mass is 32.2. The van der Waals surface area contributed by atoms with E-state index < -0.39 is 15.9 Å². The number of ether oxygens (including phenoxy) is 3. The first-order valence-corrected chi connectivity index (χ1v) is 13.5. The number of methoxy groups -OCH3 is 3. The van der Waals surface area contributed by atoms with Gasteiger partial charge < -0.3 is 18.6 Å². The van der Waals surface area contributed by atoms with Crippen LogP contribution in [-0.4, -0.2) is 52.4 Å². The van der Waals surface area contributed by atoms with Gasteiger partial charge in [0.1, 0.15) is 0 Å². The van der Waals surface area contributed by atoms with Crippen molar-refractivity contribution in [2.75, 3.05) is 37.5 Å². The minimum absolute atomic E-state index is 0.0956. The zero-order valence-electron chi connectivity index (χ0n) is 21.5. The predicted molar refractivity (Wildman–Crippen MR) is 143 cm³/mol. The van der Waals surface area contributed by atoms with Crippen LogP contribution in [0.1, 0.15) is 22.3 Å². The van der Waals surface area contributed by atoms with Crippen molar-refractivity contribution in [2.24, 2.45) is 0 Å². The molecule has 1 aliphatic rings. The number of nitrogens with zero attached hydrogens (tertiary/aromatic N) is 3. The highest BCUT2D eigenvalue weighted by molar-refractivity contribution is 7.92. The first-order valence-electron chi connectivity index (χ1n) is 12.0. The summed E-state index contributed by atoms with van der Waals surface area (Å²) in [6.07, 6.45) is 1.57. The van der Waals surface area contributed by atoms with Crippen LogP contribution in [0.3, 0.4) is 0 Å². The molecule has 0 bridgehead atoms. The quantitative estimate of drug-likeness (QED) is 0.343. The molecule has 1 amide bonds. The summed E-state index contributed by atoms with van der Waals surface area (Å²) in [5, 5.41) is 10.4. The van der Waals surface area contributed by atoms with Crippen molar-refractivity contribution in [1.82, 2.24) is 10.2 Å². The van der Waals surface area contributed by atoms with E-state index in [0.717, 1.165) is 18.4 Å². The lowest BCUT2D eigenvalue weighted by atomic mass is 10.0. The number of carbonyl (C=O) groups is 1. The van der Waals surface area contributed by atoms with Crippen molar-refractivity contribution in [3.8, 4) is 28.7 Å². The number of carbonyl (C=O) groups excluding carboxylic acids is 1. The molecule has 0 saturated heterocycles. The molecule has 2 heterocycles. The van der Waals surface area contributed by atoms with Gasteiger partial charge in [-0.05, 0) is 60.9 Å². The molecule has 1 N–H and O–H groups in total. The number of fused-ring (bicyclic) bond motifs is 1. The molecular formula is C27H26N4O7S. The van der Waals surface area contributed by atoms with Gasteiger partial charge in [0.25, 0.3) is 15.9 Å². The molecule has 1 aromatic heterocycles. The van der Waals surface area contributed by atoms with Gasteiger partial charge in [-0.1, -0.05) is 23.3 Å². The second-order valence-electron chi connectivity index (χ2n) is 8.61. The minimum atomic E-state index is -3.79. The standard InChI is InChI=1S/C27H26N4O7S/c1-35-22-15-19(16-23(36-2)24(22)37-3)26-29-30-27(38-26)28-25(32)18-10-12-20(13-11-18)39(33,34)31-14-6-8-17-7-4-5-9-21(17)31/h4-5,7,9-13,15-16H,6,8,14H2,1-3H3,(H,28,30,32). The van der Waals surface area contributed by atoms with E-state index in [0.29, 0.717) is 35.0 Å². The number of anilines is 2. The number of para-hydroxylation sites is 1. The highest BCUT2D eigenvalue weighted by Gasteiger charge is 2.29. The van der Waals surface area contributed by atoms with Gasteiger partial charge in [-0.25, -0.2) is 8.42 Å². The van der Waals surface area contributed by atoms with Gasteiger partial charge in [-0.2, -0.15) is 0 Å². The summed E-state index contributed by atoms with van der Waals surface area (Å²) >= 11 is 0. The number of amides is 1. The maximum atomic E-state index is 13.4. The van der Waals surface area contributed by atoms with Gasteiger partial charge >= 0.3 is 6.01 Å². The zero-order valence-corrected chi connectivity index (χ0v) is 22.3. The SMILES string of the molecule is COc1cc(-c2nnc(NC(=O)c3ccc(S(=O)(=O)N4CCCc5ccccc54)cc3)o2)cc(OC)c1OC. The molecule has 39 heavy (non-hydrogen) atoms. The summed E-state index contributed by atoms with van der Waals surface area (Å²) in [4.78, 5) is 12.9. The Morgan fingerprint density at radius 1 is 0.949 bits per heavy atom. The fourth-order valence-electron chi connectivity index (χ4n) is 4.42. The Hall–Kier alpha value is -4.58. The second kappa shape index (κ2) is 10.7. The van der Waals surface area contributed by atoms with E-state index in [2.05, 4.69) is 15.5 Å². The van der Waals surface area contributed by atoms with Crippen molar-refractivity contribution in [3.63, 3.8) is 0 Å². The lowest BCUT2D eigenvalue weighted by Crippen LogP contribution is -2.35. The topological polar surface area (TPSA) is 133 Å². The summed E-state index contributed by atoms with van der Waals surface area (Å²) in [6.45, 7) is 0.396. The van der Waals surface area contributed by atoms with E-state index >= 15 is 0 Å². The van der Waals surface area contributed by atoms with Gasteiger partial charge in [0, 0.05) is 17.7 Å². The summed E-state index contributed by atoms with van der Waals surface area (Å²) < 4.78 is 49.8. The Morgan fingerprint density at radius 2 is 1.64 bits per heavy atom. The first kappa shape index (κ1) is 26.0. The second-order valence-corrected chi connectivity index (χ2v) is 10.5. The van der Waals surface area contributed by atoms with Crippen LogP contribution in [0.15, 0.2) is 70.0 Å². The zero-order chi connectivity index (χ0) is 27.6. The average Bonchev–Trinajstić information content (AvgIpc) is 3.44. The van der Waals surface area contributed by atoms with Crippen LogP contribution in [0.25, 0.3) is 11.5 Å². The van der Waals surface area contributed by atoms with Crippen LogP contribution in [0.2, 0.25) is 0 Å². The number of hydrogen-bond acceptors (Lipinski definition) is 9. The molecule has 4 aromatic rings. The molecule has 202 valence electrons. The van der Waals surface area contributed by atoms with Crippen LogP contribution in [0, 0.1) is 0 Å². The molecule has 0 spiro atoms. The smallest absolute Gasteiger partial charge is 0.322 e. The largest absolute Gasteiger partial charge is 0.493 e. The van der Waals surface area contributed by atoms with Crippen molar-refractivity contribution in [2.45, 2.75) is 17.7 Å². The number of rotatable bonds is 8. The number of aromatic nitrogens is 2. The fourth-order valence-corrected chi connectivity index (χ4v) is 5.96. The minimum Gasteiger partial charge on any atom is -0.493 e. The van der Waals surface area contributed by atoms with E-state index in [9.17, 15) is 13.2 Å². The van der Waals surface area contributed by atoms with Gasteiger partial charge in [-0.3, -0.25) is 14.4 Å². The molecule has 0 aliphatic carbocycles. The molecule has 0 atom stereocenters. The van der Waals surface area contributed by atoms with Crippen LogP contribution in [0.4, 0.5) is 11.7 Å². The van der Waals surface area contributed by atoms with E-state index in [4.69, 9.17) is 18.6 Å². The Balaban J connectivity index is 1.32. The van der Waals surface area contributed by atoms with E-state index in [-0.39, 0.29) is 22.4 Å². The monoisotopic (exact) mass is 550 g/mol. The van der Waals surface area contributed by atoms with E-state index in [1.54, 1.807) is 12.1 Å². The Kier molecular flexibility index (Phi) is 7.11. The maximum Gasteiger partial charge on any atom is 0.322 e. The van der Waals surface area contributed by atoms with Gasteiger partial charge in [-0.15, -0.1) is 5.10 Å². The van der Waals surface area contributed by atoms with Crippen molar-refractivity contribution >= 4 is 27.6 Å². The third-order valence-electron chi connectivity index (χ3n) is 6.33. The molecule has 11 nitrogen and oxygen atoms in total. The highest BCUT2D eigenvalue weighted by Crippen LogP contribution is 2.41. The molecule has 0 radical (unpaired) electrons. The molecule has 3 aromatic carbocycles. The van der Waals surface area contributed by atoms with E-state index in [1.807, 2.05) is 24.3 Å². The van der Waals surface area contributed by atoms with Gasteiger partial charge in [0.15, 0.2) is 11.5 Å². The summed E-state index contributed by atoms with van der Waals surface area (Å²) in [5.74, 6) is 0.791. The van der Waals surface area contributed by atoms with Crippen molar-refractivity contribution < 1.29 is 31.8 Å². The number of sulfonamides is 1. The summed E-state index contributed by atoms with van der Waals surface area (Å²) in [6, 6.07) is 16.3. The molecule has 0 fully saturated rings. The van der Waals surface area contributed by atoms with Crippen LogP contribution >= 0.6 is 0 Å². The third kappa shape index (κ3) is 4.98. The maximum absolute atomic E-state index is 13.4. The lowest BCUT2D eigenvalue weighted by molar-refractivity contribution is 0.102. The van der Waals surface area contributed by atoms with E-state index in [1.165, 1.54) is 49.9 Å². The molecule has 0 saturated carbocycles. The molecule has 5 rings (SSSR count). The Morgan fingerprint density at radius 3 is 2.31 bits per heavy atom. The predicted octanol–water partition coefficient (Wildman–Crippen LogP) is 4.16. The first-order chi connectivity index (χ1) is 18.8. The van der Waals surface area contributed by atoms with Gasteiger partial charge in [0.2, 0.25) is 11.6 Å². The van der Waals surface area contributed by atoms with Crippen LogP contribution in [-0.2, 0) is 16.4 Å². The lowest BCUT2D eigenvalue weighted by Gasteiger charge is -2.30. The van der Waals surface area contributed by atoms with Crippen molar-refractivity contribution in [1.29, 1.82) is 0 Å². The summed E-state index contributed by atoms with van der Waals surface area (Å²) in [7, 11) is 0.683. The molecular weight excluding hydrogens is 524 g/mol. The average molecular weight is 551 g/mol. The molecule has 12 heteroatoms. The van der Waals surface area contributed by atoms with Crippen molar-refractivity contribution in [3.05, 3.63) is 71.8 Å². The number of hydrogen-bond donors (Lipinski definition) is 1. The normalized spacial score (nSPS) is 12.9. The fraction of sp³-hybridized carbons (Fsp3) is 0.222. The third-order valence-corrected chi connectivity index (χ3v) is 8.16. The van der Waals surface area contributed by atoms with Crippen LogP contribution in [0.5, 0.6) is 17.2 Å². The Bertz CT molecular complexity index is 1590. The number of benzene rings is 3. The number of aryl methyl sites for hydroxylation is 1. The van der Waals surface area contributed by atoms with Gasteiger partial charge in [0.05, 0.1) is 31.9 Å². The Labute approximate surface area is 225 Å². The molecule has 0 unspecified atom stereocenters. The van der Waals surface area contributed by atoms with Crippen LogP contribution < -0.4 is 23.8 Å². The summed E-state index contributed by atoms with van der Waals surface area (Å²) in [5.41, 5.74) is 2.39. The molecule has 1 aliphatic heterocycles. The number of nitrogens with one attached hydrogen (secondary N) is 1.